The second-order valence-corrected chi connectivity index (χ2v) is 6.05. The fourth-order valence-electron chi connectivity index (χ4n) is 2.02. The molecule has 0 aliphatic carbocycles. The van der Waals surface area contributed by atoms with Gasteiger partial charge in [0.1, 0.15) is 0 Å². The van der Waals surface area contributed by atoms with Gasteiger partial charge in [-0.3, -0.25) is 4.79 Å². The van der Waals surface area contributed by atoms with Gasteiger partial charge in [0.15, 0.2) is 0 Å². The van der Waals surface area contributed by atoms with E-state index >= 15 is 0 Å². The first kappa shape index (κ1) is 13.4. The van der Waals surface area contributed by atoms with Gasteiger partial charge in [-0.2, -0.15) is 0 Å². The maximum Gasteiger partial charge on any atom is 0.237 e. The van der Waals surface area contributed by atoms with E-state index in [0.717, 1.165) is 18.7 Å². The number of fused-ring (bicyclic) bond motifs is 1. The van der Waals surface area contributed by atoms with Crippen molar-refractivity contribution in [2.75, 3.05) is 17.2 Å². The van der Waals surface area contributed by atoms with Crippen molar-refractivity contribution in [2.24, 2.45) is 0 Å². The summed E-state index contributed by atoms with van der Waals surface area (Å²) in [5.74, 6) is 0.567. The zero-order valence-electron chi connectivity index (χ0n) is 10.8. The highest BCUT2D eigenvalue weighted by Gasteiger charge is 2.24. The Labute approximate surface area is 112 Å². The number of para-hydroxylation sites is 1. The monoisotopic (exact) mass is 265 g/mol. The second kappa shape index (κ2) is 5.76. The molecule has 1 aliphatic heterocycles. The van der Waals surface area contributed by atoms with Gasteiger partial charge in [0.25, 0.3) is 0 Å². The van der Waals surface area contributed by atoms with Crippen LogP contribution in [-0.4, -0.2) is 34.7 Å². The number of amides is 1. The summed E-state index contributed by atoms with van der Waals surface area (Å²) in [6, 6.07) is 8.06. The molecule has 4 heteroatoms. The lowest BCUT2D eigenvalue weighted by atomic mass is 10.2. The van der Waals surface area contributed by atoms with Crippen molar-refractivity contribution in [2.45, 2.75) is 31.6 Å². The average molecular weight is 265 g/mol. The molecular formula is C14H19NO2S. The topological polar surface area (TPSA) is 40.5 Å². The van der Waals surface area contributed by atoms with E-state index in [9.17, 15) is 9.90 Å². The van der Waals surface area contributed by atoms with Gasteiger partial charge < -0.3 is 10.0 Å². The number of aliphatic hydroxyl groups is 1. The molecule has 2 atom stereocenters. The zero-order chi connectivity index (χ0) is 13.1. The summed E-state index contributed by atoms with van der Waals surface area (Å²) < 4.78 is 0. The maximum absolute atomic E-state index is 12.2. The normalized spacial score (nSPS) is 17.4. The smallest absolute Gasteiger partial charge is 0.237 e. The maximum atomic E-state index is 12.2. The molecule has 1 aromatic rings. The molecule has 0 aromatic heterocycles. The Morgan fingerprint density at radius 1 is 1.44 bits per heavy atom. The molecule has 1 aliphatic rings. The van der Waals surface area contributed by atoms with Gasteiger partial charge in [-0.15, -0.1) is 11.8 Å². The van der Waals surface area contributed by atoms with Crippen molar-refractivity contribution < 1.29 is 9.90 Å². The quantitative estimate of drug-likeness (QED) is 0.906. The minimum atomic E-state index is -0.381. The van der Waals surface area contributed by atoms with Crippen molar-refractivity contribution in [1.29, 1.82) is 0 Å². The fraction of sp³-hybridized carbons (Fsp3) is 0.500. The Kier molecular flexibility index (Phi) is 4.30. The van der Waals surface area contributed by atoms with Crippen LogP contribution < -0.4 is 4.90 Å². The van der Waals surface area contributed by atoms with Gasteiger partial charge in [-0.05, 0) is 25.0 Å². The van der Waals surface area contributed by atoms with E-state index in [0.29, 0.717) is 5.75 Å². The molecule has 2 unspecified atom stereocenters. The first-order valence-electron chi connectivity index (χ1n) is 6.27. The van der Waals surface area contributed by atoms with E-state index < -0.39 is 0 Å². The standard InChI is InChI=1S/C14H19NO2S/c1-10(16)11(2)18-9-14(17)15-8-7-12-5-3-4-6-13(12)15/h3-6,10-11,16H,7-9H2,1-2H3. The van der Waals surface area contributed by atoms with Crippen LogP contribution >= 0.6 is 11.8 Å². The van der Waals surface area contributed by atoms with Gasteiger partial charge in [0, 0.05) is 17.5 Å². The van der Waals surface area contributed by atoms with Crippen molar-refractivity contribution in [1.82, 2.24) is 0 Å². The van der Waals surface area contributed by atoms with Crippen LogP contribution in [0.15, 0.2) is 24.3 Å². The summed E-state index contributed by atoms with van der Waals surface area (Å²) in [6.45, 7) is 4.48. The Balaban J connectivity index is 1.95. The minimum absolute atomic E-state index is 0.0896. The van der Waals surface area contributed by atoms with Crippen molar-refractivity contribution in [3.05, 3.63) is 29.8 Å². The third-order valence-electron chi connectivity index (χ3n) is 3.34. The Morgan fingerprint density at radius 3 is 2.89 bits per heavy atom. The van der Waals surface area contributed by atoms with Crippen LogP contribution in [0.5, 0.6) is 0 Å². The number of thioether (sulfide) groups is 1. The van der Waals surface area contributed by atoms with E-state index in [-0.39, 0.29) is 17.3 Å². The molecule has 1 amide bonds. The third-order valence-corrected chi connectivity index (χ3v) is 4.67. The highest BCUT2D eigenvalue weighted by atomic mass is 32.2. The summed E-state index contributed by atoms with van der Waals surface area (Å²) in [7, 11) is 0. The predicted octanol–water partition coefficient (Wildman–Crippen LogP) is 2.08. The van der Waals surface area contributed by atoms with Gasteiger partial charge in [-0.1, -0.05) is 25.1 Å². The molecule has 0 bridgehead atoms. The summed E-state index contributed by atoms with van der Waals surface area (Å²) in [4.78, 5) is 14.0. The lowest BCUT2D eigenvalue weighted by Gasteiger charge is -2.19. The number of hydrogen-bond acceptors (Lipinski definition) is 3. The Bertz CT molecular complexity index is 434. The van der Waals surface area contributed by atoms with Gasteiger partial charge >= 0.3 is 0 Å². The van der Waals surface area contributed by atoms with E-state index in [1.807, 2.05) is 30.0 Å². The molecule has 1 N–H and O–H groups in total. The molecule has 18 heavy (non-hydrogen) atoms. The van der Waals surface area contributed by atoms with Crippen LogP contribution in [0.1, 0.15) is 19.4 Å². The van der Waals surface area contributed by atoms with E-state index in [1.165, 1.54) is 17.3 Å². The summed E-state index contributed by atoms with van der Waals surface area (Å²) in [6.07, 6.45) is 0.562. The predicted molar refractivity (Wildman–Crippen MR) is 76.1 cm³/mol. The molecule has 1 heterocycles. The number of rotatable bonds is 4. The first-order chi connectivity index (χ1) is 8.59. The number of anilines is 1. The van der Waals surface area contributed by atoms with Crippen LogP contribution in [0, 0.1) is 0 Å². The average Bonchev–Trinajstić information content (AvgIpc) is 2.79. The molecule has 3 nitrogen and oxygen atoms in total. The van der Waals surface area contributed by atoms with Gasteiger partial charge in [-0.25, -0.2) is 0 Å². The molecule has 0 spiro atoms. The molecule has 98 valence electrons. The zero-order valence-corrected chi connectivity index (χ0v) is 11.6. The van der Waals surface area contributed by atoms with E-state index in [1.54, 1.807) is 6.92 Å². The molecule has 0 saturated carbocycles. The number of nitrogens with zero attached hydrogens (tertiary/aromatic N) is 1. The van der Waals surface area contributed by atoms with Crippen molar-refractivity contribution in [3.63, 3.8) is 0 Å². The number of carbonyl (C=O) groups is 1. The third kappa shape index (κ3) is 2.87. The lowest BCUT2D eigenvalue weighted by molar-refractivity contribution is -0.116. The molecular weight excluding hydrogens is 246 g/mol. The first-order valence-corrected chi connectivity index (χ1v) is 7.32. The van der Waals surface area contributed by atoms with Crippen LogP contribution in [0.2, 0.25) is 0 Å². The summed E-state index contributed by atoms with van der Waals surface area (Å²) >= 11 is 1.51. The minimum Gasteiger partial charge on any atom is -0.392 e. The molecule has 2 rings (SSSR count). The second-order valence-electron chi connectivity index (χ2n) is 4.68. The summed E-state index contributed by atoms with van der Waals surface area (Å²) in [5.41, 5.74) is 2.30. The number of carbonyl (C=O) groups excluding carboxylic acids is 1. The van der Waals surface area contributed by atoms with Crippen LogP contribution in [-0.2, 0) is 11.2 Å². The molecule has 0 fully saturated rings. The van der Waals surface area contributed by atoms with Crippen molar-refractivity contribution >= 4 is 23.4 Å². The van der Waals surface area contributed by atoms with Crippen molar-refractivity contribution in [3.8, 4) is 0 Å². The van der Waals surface area contributed by atoms with E-state index in [4.69, 9.17) is 0 Å². The summed E-state index contributed by atoms with van der Waals surface area (Å²) in [5, 5.41) is 9.50. The van der Waals surface area contributed by atoms with Gasteiger partial charge in [0.05, 0.1) is 11.9 Å². The van der Waals surface area contributed by atoms with Gasteiger partial charge in [0.2, 0.25) is 5.91 Å². The van der Waals surface area contributed by atoms with Crippen LogP contribution in [0.4, 0.5) is 5.69 Å². The number of hydrogen-bond donors (Lipinski definition) is 1. The van der Waals surface area contributed by atoms with E-state index in [2.05, 4.69) is 6.07 Å². The van der Waals surface area contributed by atoms with Crippen LogP contribution in [0.3, 0.4) is 0 Å². The highest BCUT2D eigenvalue weighted by molar-refractivity contribution is 8.00. The molecule has 0 saturated heterocycles. The fourth-order valence-corrected chi connectivity index (χ4v) is 2.86. The number of aliphatic hydroxyl groups excluding tert-OH is 1. The SMILES string of the molecule is CC(O)C(C)SCC(=O)N1CCc2ccccc21. The lowest BCUT2D eigenvalue weighted by Crippen LogP contribution is -2.31. The molecule has 1 aromatic carbocycles. The largest absolute Gasteiger partial charge is 0.392 e. The molecule has 0 radical (unpaired) electrons. The van der Waals surface area contributed by atoms with Crippen LogP contribution in [0.25, 0.3) is 0 Å². The Hall–Kier alpha value is -1.00. The number of benzene rings is 1. The Morgan fingerprint density at radius 2 is 2.17 bits per heavy atom. The highest BCUT2D eigenvalue weighted by Crippen LogP contribution is 2.28.